The molecule has 0 bridgehead atoms. The molecule has 21 heavy (non-hydrogen) atoms. The normalized spacial score (nSPS) is 13.3. The van der Waals surface area contributed by atoms with E-state index in [1.54, 1.807) is 6.92 Å². The summed E-state index contributed by atoms with van der Waals surface area (Å²) in [5.41, 5.74) is 0. The fourth-order valence-corrected chi connectivity index (χ4v) is 2.18. The summed E-state index contributed by atoms with van der Waals surface area (Å²) in [6, 6.07) is 0. The van der Waals surface area contributed by atoms with Crippen molar-refractivity contribution in [1.29, 1.82) is 0 Å². The van der Waals surface area contributed by atoms with Crippen LogP contribution in [0.15, 0.2) is 12.2 Å². The van der Waals surface area contributed by atoms with Crippen molar-refractivity contribution in [1.82, 2.24) is 5.32 Å². The first-order chi connectivity index (χ1) is 9.85. The topological polar surface area (TPSA) is 92.7 Å². The van der Waals surface area contributed by atoms with Crippen LogP contribution in [0, 0.1) is 0 Å². The highest BCUT2D eigenvalue weighted by atomic mass is 32.2. The Hall–Kier alpha value is -1.08. The molecule has 1 amide bonds. The second-order valence-electron chi connectivity index (χ2n) is 4.95. The highest BCUT2D eigenvalue weighted by Crippen LogP contribution is 2.04. The molecule has 0 aliphatic carbocycles. The minimum absolute atomic E-state index is 0.145. The summed E-state index contributed by atoms with van der Waals surface area (Å²) in [6.45, 7) is 4.08. The molecule has 0 aliphatic rings. The number of ether oxygens (including phenoxy) is 1. The number of carbonyl (C=O) groups excluding carboxylic acids is 1. The van der Waals surface area contributed by atoms with Gasteiger partial charge in [-0.05, 0) is 32.3 Å². The van der Waals surface area contributed by atoms with Gasteiger partial charge >= 0.3 is 6.09 Å². The van der Waals surface area contributed by atoms with E-state index in [4.69, 9.17) is 9.29 Å². The third kappa shape index (κ3) is 15.1. The Morgan fingerprint density at radius 3 is 2.62 bits per heavy atom. The van der Waals surface area contributed by atoms with E-state index in [2.05, 4.69) is 12.2 Å². The van der Waals surface area contributed by atoms with Gasteiger partial charge in [0.2, 0.25) is 0 Å². The zero-order valence-electron chi connectivity index (χ0n) is 12.9. The van der Waals surface area contributed by atoms with E-state index in [9.17, 15) is 13.2 Å². The van der Waals surface area contributed by atoms with Crippen molar-refractivity contribution >= 4 is 16.2 Å². The standard InChI is InChI=1S/C14H27NO5S/c1-3-4-5-6-7-8-10-13(2)20-14(16)15-11-9-12-21(17,18)19/h8,10,13H,3-7,9,11-12H2,1-2H3,(H,15,16)(H,17,18,19)/b10-8+. The van der Waals surface area contributed by atoms with Gasteiger partial charge in [-0.3, -0.25) is 4.55 Å². The number of amides is 1. The van der Waals surface area contributed by atoms with Crippen molar-refractivity contribution in [3.63, 3.8) is 0 Å². The van der Waals surface area contributed by atoms with Gasteiger partial charge in [-0.2, -0.15) is 8.42 Å². The molecule has 6 nitrogen and oxygen atoms in total. The first kappa shape index (κ1) is 19.9. The van der Waals surface area contributed by atoms with E-state index in [1.165, 1.54) is 19.3 Å². The Morgan fingerprint density at radius 2 is 2.00 bits per heavy atom. The fraction of sp³-hybridized carbons (Fsp3) is 0.786. The van der Waals surface area contributed by atoms with Gasteiger partial charge in [0.1, 0.15) is 6.10 Å². The molecule has 7 heteroatoms. The Morgan fingerprint density at radius 1 is 1.29 bits per heavy atom. The number of hydrogen-bond donors (Lipinski definition) is 2. The second kappa shape index (κ2) is 11.6. The van der Waals surface area contributed by atoms with E-state index >= 15 is 0 Å². The molecule has 0 aliphatic heterocycles. The summed E-state index contributed by atoms with van der Waals surface area (Å²) in [6.07, 6.45) is 8.86. The summed E-state index contributed by atoms with van der Waals surface area (Å²) < 4.78 is 34.5. The zero-order chi connectivity index (χ0) is 16.1. The van der Waals surface area contributed by atoms with Crippen molar-refractivity contribution in [3.8, 4) is 0 Å². The van der Waals surface area contributed by atoms with Crippen LogP contribution in [-0.2, 0) is 14.9 Å². The molecule has 2 N–H and O–H groups in total. The number of allylic oxidation sites excluding steroid dienone is 1. The Balaban J connectivity index is 3.67. The monoisotopic (exact) mass is 321 g/mol. The quantitative estimate of drug-likeness (QED) is 0.347. The first-order valence-corrected chi connectivity index (χ1v) is 9.02. The maximum atomic E-state index is 11.4. The first-order valence-electron chi connectivity index (χ1n) is 7.41. The average molecular weight is 321 g/mol. The van der Waals surface area contributed by atoms with Gasteiger partial charge in [0.15, 0.2) is 0 Å². The number of hydrogen-bond acceptors (Lipinski definition) is 4. The Bertz CT molecular complexity index is 406. The molecule has 0 spiro atoms. The van der Waals surface area contributed by atoms with Crippen molar-refractivity contribution < 1.29 is 22.5 Å². The average Bonchev–Trinajstić information content (AvgIpc) is 2.38. The van der Waals surface area contributed by atoms with E-state index in [0.717, 1.165) is 12.8 Å². The maximum Gasteiger partial charge on any atom is 0.407 e. The SMILES string of the molecule is CCCCCC/C=C/C(C)OC(=O)NCCCS(=O)(=O)O. The molecule has 0 aromatic carbocycles. The minimum Gasteiger partial charge on any atom is -0.442 e. The predicted octanol–water partition coefficient (Wildman–Crippen LogP) is 2.91. The van der Waals surface area contributed by atoms with Crippen LogP contribution in [0.5, 0.6) is 0 Å². The van der Waals surface area contributed by atoms with Crippen LogP contribution >= 0.6 is 0 Å². The second-order valence-corrected chi connectivity index (χ2v) is 6.53. The van der Waals surface area contributed by atoms with Crippen LogP contribution in [0.1, 0.15) is 52.4 Å². The lowest BCUT2D eigenvalue weighted by atomic mass is 10.1. The van der Waals surface area contributed by atoms with Crippen LogP contribution in [0.2, 0.25) is 0 Å². The lowest BCUT2D eigenvalue weighted by Gasteiger charge is -2.10. The highest BCUT2D eigenvalue weighted by molar-refractivity contribution is 7.85. The van der Waals surface area contributed by atoms with Gasteiger partial charge in [0, 0.05) is 6.54 Å². The number of carbonyl (C=O) groups is 1. The summed E-state index contributed by atoms with van der Waals surface area (Å²) in [7, 11) is -3.97. The van der Waals surface area contributed by atoms with Gasteiger partial charge in [0.05, 0.1) is 5.75 Å². The molecular weight excluding hydrogens is 294 g/mol. The molecule has 0 saturated heterocycles. The molecule has 0 radical (unpaired) electrons. The molecule has 0 aromatic heterocycles. The fourth-order valence-electron chi connectivity index (χ4n) is 1.67. The zero-order valence-corrected chi connectivity index (χ0v) is 13.7. The van der Waals surface area contributed by atoms with Crippen LogP contribution in [-0.4, -0.2) is 37.5 Å². The van der Waals surface area contributed by atoms with Gasteiger partial charge in [0.25, 0.3) is 10.1 Å². The molecule has 124 valence electrons. The lowest BCUT2D eigenvalue weighted by Crippen LogP contribution is -2.29. The molecule has 0 aromatic rings. The Labute approximate surface area is 127 Å². The van der Waals surface area contributed by atoms with E-state index in [1.807, 2.05) is 12.2 Å². The van der Waals surface area contributed by atoms with E-state index in [0.29, 0.717) is 0 Å². The van der Waals surface area contributed by atoms with Gasteiger partial charge in [-0.1, -0.05) is 32.3 Å². The number of rotatable bonds is 11. The summed E-state index contributed by atoms with van der Waals surface area (Å²) in [5, 5.41) is 2.43. The molecule has 0 fully saturated rings. The number of alkyl carbamates (subject to hydrolysis) is 1. The van der Waals surface area contributed by atoms with Crippen molar-refractivity contribution in [3.05, 3.63) is 12.2 Å². The molecule has 1 unspecified atom stereocenters. The summed E-state index contributed by atoms with van der Waals surface area (Å²) >= 11 is 0. The van der Waals surface area contributed by atoms with Gasteiger partial charge < -0.3 is 10.1 Å². The van der Waals surface area contributed by atoms with Crippen LogP contribution < -0.4 is 5.32 Å². The van der Waals surface area contributed by atoms with Crippen LogP contribution in [0.3, 0.4) is 0 Å². The third-order valence-electron chi connectivity index (χ3n) is 2.77. The Kier molecular flexibility index (Phi) is 11.0. The van der Waals surface area contributed by atoms with Crippen LogP contribution in [0.25, 0.3) is 0 Å². The van der Waals surface area contributed by atoms with Gasteiger partial charge in [-0.25, -0.2) is 4.79 Å². The van der Waals surface area contributed by atoms with Crippen molar-refractivity contribution in [2.24, 2.45) is 0 Å². The number of unbranched alkanes of at least 4 members (excludes halogenated alkanes) is 4. The van der Waals surface area contributed by atoms with Crippen molar-refractivity contribution in [2.75, 3.05) is 12.3 Å². The minimum atomic E-state index is -3.97. The molecular formula is C14H27NO5S. The van der Waals surface area contributed by atoms with Crippen LogP contribution in [0.4, 0.5) is 4.79 Å². The van der Waals surface area contributed by atoms with E-state index < -0.39 is 16.2 Å². The van der Waals surface area contributed by atoms with Gasteiger partial charge in [-0.15, -0.1) is 0 Å². The smallest absolute Gasteiger partial charge is 0.407 e. The largest absolute Gasteiger partial charge is 0.442 e. The van der Waals surface area contributed by atoms with Crippen molar-refractivity contribution in [2.45, 2.75) is 58.5 Å². The molecule has 0 heterocycles. The number of nitrogens with one attached hydrogen (secondary N) is 1. The maximum absolute atomic E-state index is 11.4. The lowest BCUT2D eigenvalue weighted by molar-refractivity contribution is 0.127. The molecule has 0 saturated carbocycles. The molecule has 1 atom stereocenters. The summed E-state index contributed by atoms with van der Waals surface area (Å²) in [4.78, 5) is 11.4. The predicted molar refractivity (Wildman–Crippen MR) is 82.9 cm³/mol. The molecule has 0 rings (SSSR count). The summed E-state index contributed by atoms with van der Waals surface area (Å²) in [5.74, 6) is -0.375. The third-order valence-corrected chi connectivity index (χ3v) is 3.58. The van der Waals surface area contributed by atoms with E-state index in [-0.39, 0.29) is 24.8 Å². The highest BCUT2D eigenvalue weighted by Gasteiger charge is 2.07.